The van der Waals surface area contributed by atoms with Crippen LogP contribution in [0.25, 0.3) is 0 Å². The standard InChI is InChI=1S/C19H27F3N4O2/c20-19(21,22)16-11-17(27)26(13-23-16)12-14-7-9-25(10-8-14)18(28)24-15-5-3-1-2-4-6-15/h11,13-15H,1-10,12H2,(H,24,28). The molecular weight excluding hydrogens is 373 g/mol. The lowest BCUT2D eigenvalue weighted by atomic mass is 9.97. The molecule has 1 N–H and O–H groups in total. The number of nitrogens with one attached hydrogen (secondary N) is 1. The number of hydrogen-bond donors (Lipinski definition) is 1. The number of carbonyl (C=O) groups is 1. The van der Waals surface area contributed by atoms with Crippen LogP contribution in [-0.4, -0.2) is 39.6 Å². The summed E-state index contributed by atoms with van der Waals surface area (Å²) in [5.74, 6) is 0.137. The molecule has 2 amide bonds. The Morgan fingerprint density at radius 2 is 1.75 bits per heavy atom. The molecule has 0 bridgehead atoms. The lowest BCUT2D eigenvalue weighted by Gasteiger charge is -2.33. The molecule has 6 nitrogen and oxygen atoms in total. The van der Waals surface area contributed by atoms with E-state index in [1.807, 2.05) is 0 Å². The van der Waals surface area contributed by atoms with Gasteiger partial charge in [-0.05, 0) is 31.6 Å². The van der Waals surface area contributed by atoms with E-state index in [1.165, 1.54) is 17.4 Å². The van der Waals surface area contributed by atoms with E-state index in [0.717, 1.165) is 32.0 Å². The molecular formula is C19H27F3N4O2. The van der Waals surface area contributed by atoms with Crippen LogP contribution in [0.15, 0.2) is 17.2 Å². The highest BCUT2D eigenvalue weighted by atomic mass is 19.4. The number of urea groups is 1. The summed E-state index contributed by atoms with van der Waals surface area (Å²) in [6, 6.07) is 0.762. The Morgan fingerprint density at radius 3 is 2.32 bits per heavy atom. The minimum Gasteiger partial charge on any atom is -0.335 e. The molecule has 0 spiro atoms. The molecule has 3 rings (SSSR count). The monoisotopic (exact) mass is 400 g/mol. The third-order valence-corrected chi connectivity index (χ3v) is 5.71. The number of amides is 2. The predicted octanol–water partition coefficient (Wildman–Crippen LogP) is 3.41. The second kappa shape index (κ2) is 8.96. The molecule has 1 aromatic heterocycles. The largest absolute Gasteiger partial charge is 0.433 e. The van der Waals surface area contributed by atoms with Crippen LogP contribution < -0.4 is 10.9 Å². The Morgan fingerprint density at radius 1 is 1.11 bits per heavy atom. The molecule has 1 saturated heterocycles. The van der Waals surface area contributed by atoms with Crippen LogP contribution in [0.3, 0.4) is 0 Å². The molecule has 0 aromatic carbocycles. The number of rotatable bonds is 3. The summed E-state index contributed by atoms with van der Waals surface area (Å²) < 4.78 is 39.1. The number of carbonyl (C=O) groups excluding carboxylic acids is 1. The summed E-state index contributed by atoms with van der Waals surface area (Å²) in [5.41, 5.74) is -1.87. The lowest BCUT2D eigenvalue weighted by molar-refractivity contribution is -0.141. The van der Waals surface area contributed by atoms with Gasteiger partial charge in [0.15, 0.2) is 5.69 Å². The summed E-state index contributed by atoms with van der Waals surface area (Å²) in [7, 11) is 0. The zero-order chi connectivity index (χ0) is 20.1. The maximum atomic E-state index is 12.6. The summed E-state index contributed by atoms with van der Waals surface area (Å²) >= 11 is 0. The van der Waals surface area contributed by atoms with Gasteiger partial charge in [-0.1, -0.05) is 25.7 Å². The fourth-order valence-electron chi connectivity index (χ4n) is 4.00. The Kier molecular flexibility index (Phi) is 6.61. The molecule has 9 heteroatoms. The normalized spacial score (nSPS) is 20.0. The van der Waals surface area contributed by atoms with E-state index in [1.54, 1.807) is 4.90 Å². The van der Waals surface area contributed by atoms with Crippen molar-refractivity contribution >= 4 is 6.03 Å². The van der Waals surface area contributed by atoms with Gasteiger partial charge in [0.05, 0.1) is 6.33 Å². The first-order valence-electron chi connectivity index (χ1n) is 10.0. The van der Waals surface area contributed by atoms with E-state index in [2.05, 4.69) is 10.3 Å². The molecule has 0 unspecified atom stereocenters. The van der Waals surface area contributed by atoms with Gasteiger partial charge in [-0.3, -0.25) is 9.36 Å². The second-order valence-electron chi connectivity index (χ2n) is 7.83. The quantitative estimate of drug-likeness (QED) is 0.791. The van der Waals surface area contributed by atoms with Crippen molar-refractivity contribution in [2.75, 3.05) is 13.1 Å². The molecule has 2 heterocycles. The van der Waals surface area contributed by atoms with E-state index in [4.69, 9.17) is 0 Å². The van der Waals surface area contributed by atoms with Crippen LogP contribution in [0.2, 0.25) is 0 Å². The van der Waals surface area contributed by atoms with Gasteiger partial charge in [0.25, 0.3) is 5.56 Å². The number of piperidine rings is 1. The Labute approximate surface area is 162 Å². The average molecular weight is 400 g/mol. The summed E-state index contributed by atoms with van der Waals surface area (Å²) in [4.78, 5) is 29.6. The first-order chi connectivity index (χ1) is 13.3. The van der Waals surface area contributed by atoms with Crippen molar-refractivity contribution in [1.29, 1.82) is 0 Å². The molecule has 2 aliphatic rings. The number of likely N-dealkylation sites (tertiary alicyclic amines) is 1. The number of alkyl halides is 3. The summed E-state index contributed by atoms with van der Waals surface area (Å²) in [5, 5.41) is 3.14. The van der Waals surface area contributed by atoms with Crippen molar-refractivity contribution in [3.05, 3.63) is 28.4 Å². The SMILES string of the molecule is O=C(NC1CCCCCC1)N1CCC(Cn2cnc(C(F)(F)F)cc2=O)CC1. The molecule has 1 aliphatic heterocycles. The summed E-state index contributed by atoms with van der Waals surface area (Å²) in [6.07, 6.45) is 4.62. The predicted molar refractivity (Wildman–Crippen MR) is 97.8 cm³/mol. The molecule has 2 fully saturated rings. The topological polar surface area (TPSA) is 67.2 Å². The van der Waals surface area contributed by atoms with Crippen molar-refractivity contribution in [2.45, 2.75) is 70.1 Å². The molecule has 1 saturated carbocycles. The molecule has 1 aromatic rings. The third kappa shape index (κ3) is 5.48. The fraction of sp³-hybridized carbons (Fsp3) is 0.737. The third-order valence-electron chi connectivity index (χ3n) is 5.71. The molecule has 0 radical (unpaired) electrons. The van der Waals surface area contributed by atoms with E-state index in [-0.39, 0.29) is 18.0 Å². The Balaban J connectivity index is 1.49. The molecule has 1 aliphatic carbocycles. The Bertz CT molecular complexity index is 719. The highest BCUT2D eigenvalue weighted by Gasteiger charge is 2.33. The van der Waals surface area contributed by atoms with E-state index in [0.29, 0.717) is 38.5 Å². The van der Waals surface area contributed by atoms with E-state index < -0.39 is 17.4 Å². The van der Waals surface area contributed by atoms with Gasteiger partial charge < -0.3 is 10.2 Å². The van der Waals surface area contributed by atoms with Gasteiger partial charge in [-0.25, -0.2) is 9.78 Å². The van der Waals surface area contributed by atoms with Crippen molar-refractivity contribution in [3.63, 3.8) is 0 Å². The Hall–Kier alpha value is -2.06. The maximum absolute atomic E-state index is 12.6. The first-order valence-corrected chi connectivity index (χ1v) is 10.0. The summed E-state index contributed by atoms with van der Waals surface area (Å²) in [6.45, 7) is 1.50. The molecule has 0 atom stereocenters. The minimum absolute atomic E-state index is 0.0290. The number of halogens is 3. The minimum atomic E-state index is -4.62. The van der Waals surface area contributed by atoms with Crippen LogP contribution in [0.4, 0.5) is 18.0 Å². The van der Waals surface area contributed by atoms with Gasteiger partial charge in [-0.15, -0.1) is 0 Å². The van der Waals surface area contributed by atoms with Crippen LogP contribution >= 0.6 is 0 Å². The smallest absolute Gasteiger partial charge is 0.335 e. The van der Waals surface area contributed by atoms with Gasteiger partial charge in [0, 0.05) is 31.7 Å². The number of nitrogens with zero attached hydrogens (tertiary/aromatic N) is 3. The highest BCUT2D eigenvalue weighted by molar-refractivity contribution is 5.74. The van der Waals surface area contributed by atoms with Crippen LogP contribution in [-0.2, 0) is 12.7 Å². The zero-order valence-corrected chi connectivity index (χ0v) is 15.9. The first kappa shape index (κ1) is 20.7. The highest BCUT2D eigenvalue weighted by Crippen LogP contribution is 2.26. The van der Waals surface area contributed by atoms with Crippen LogP contribution in [0.1, 0.15) is 57.1 Å². The van der Waals surface area contributed by atoms with Gasteiger partial charge in [0.1, 0.15) is 0 Å². The maximum Gasteiger partial charge on any atom is 0.433 e. The fourth-order valence-corrected chi connectivity index (χ4v) is 4.00. The number of aromatic nitrogens is 2. The molecule has 156 valence electrons. The second-order valence-corrected chi connectivity index (χ2v) is 7.83. The van der Waals surface area contributed by atoms with E-state index >= 15 is 0 Å². The van der Waals surface area contributed by atoms with Crippen molar-refractivity contribution < 1.29 is 18.0 Å². The molecule has 28 heavy (non-hydrogen) atoms. The van der Waals surface area contributed by atoms with Crippen LogP contribution in [0, 0.1) is 5.92 Å². The van der Waals surface area contributed by atoms with Crippen LogP contribution in [0.5, 0.6) is 0 Å². The van der Waals surface area contributed by atoms with Crippen molar-refractivity contribution in [1.82, 2.24) is 19.8 Å². The average Bonchev–Trinajstić information content (AvgIpc) is 2.92. The van der Waals surface area contributed by atoms with Gasteiger partial charge >= 0.3 is 12.2 Å². The number of hydrogen-bond acceptors (Lipinski definition) is 3. The van der Waals surface area contributed by atoms with Crippen molar-refractivity contribution in [3.8, 4) is 0 Å². The lowest BCUT2D eigenvalue weighted by Crippen LogP contribution is -2.48. The van der Waals surface area contributed by atoms with Crippen molar-refractivity contribution in [2.24, 2.45) is 5.92 Å². The zero-order valence-electron chi connectivity index (χ0n) is 15.9. The van der Waals surface area contributed by atoms with Gasteiger partial charge in [-0.2, -0.15) is 13.2 Å². The van der Waals surface area contributed by atoms with Gasteiger partial charge in [0.2, 0.25) is 0 Å². The van der Waals surface area contributed by atoms with E-state index in [9.17, 15) is 22.8 Å².